The maximum Gasteiger partial charge on any atom is 0.207 e. The third-order valence-electron chi connectivity index (χ3n) is 5.64. The number of allylic oxidation sites excluding steroid dienone is 4. The Morgan fingerprint density at radius 1 is 1.15 bits per heavy atom. The van der Waals surface area contributed by atoms with Gasteiger partial charge in [0.05, 0.1) is 0 Å². The van der Waals surface area contributed by atoms with Crippen molar-refractivity contribution in [3.05, 3.63) is 53.1 Å². The van der Waals surface area contributed by atoms with Crippen LogP contribution in [0.3, 0.4) is 0 Å². The third-order valence-corrected chi connectivity index (χ3v) is 5.64. The molecule has 1 amide bonds. The lowest BCUT2D eigenvalue weighted by Gasteiger charge is -2.19. The van der Waals surface area contributed by atoms with E-state index in [-0.39, 0.29) is 5.92 Å². The van der Waals surface area contributed by atoms with Crippen LogP contribution in [0.2, 0.25) is 0 Å². The topological polar surface area (TPSA) is 78.7 Å². The highest BCUT2D eigenvalue weighted by Crippen LogP contribution is 2.20. The van der Waals surface area contributed by atoms with Gasteiger partial charge < -0.3 is 10.6 Å². The first-order valence-electron chi connectivity index (χ1n) is 12.2. The van der Waals surface area contributed by atoms with E-state index < -0.39 is 0 Å². The smallest absolute Gasteiger partial charge is 0.207 e. The minimum atomic E-state index is 0.274. The summed E-state index contributed by atoms with van der Waals surface area (Å²) in [6.07, 6.45) is 16.6. The first-order valence-corrected chi connectivity index (χ1v) is 12.2. The summed E-state index contributed by atoms with van der Waals surface area (Å²) in [5.74, 6) is 0.274. The molecule has 33 heavy (non-hydrogen) atoms. The van der Waals surface area contributed by atoms with E-state index in [4.69, 9.17) is 4.99 Å². The molecule has 0 bridgehead atoms. The quantitative estimate of drug-likeness (QED) is 0.182. The van der Waals surface area contributed by atoms with Gasteiger partial charge in [0.25, 0.3) is 0 Å². The molecule has 1 rings (SSSR count). The molecule has 0 radical (unpaired) electrons. The van der Waals surface area contributed by atoms with Crippen LogP contribution in [0.25, 0.3) is 0 Å². The lowest BCUT2D eigenvalue weighted by molar-refractivity contribution is -0.109. The van der Waals surface area contributed by atoms with E-state index in [0.29, 0.717) is 13.1 Å². The number of aliphatic imine (C=N–C) groups is 2. The Labute approximate surface area is 200 Å². The Hall–Kier alpha value is -2.76. The van der Waals surface area contributed by atoms with Crippen LogP contribution in [-0.2, 0) is 11.3 Å². The zero-order valence-electron chi connectivity index (χ0n) is 21.2. The van der Waals surface area contributed by atoms with Crippen LogP contribution >= 0.6 is 0 Å². The molecule has 0 spiro atoms. The Morgan fingerprint density at radius 3 is 2.61 bits per heavy atom. The fraction of sp³-hybridized carbons (Fsp3) is 0.556. The highest BCUT2D eigenvalue weighted by molar-refractivity contribution is 5.98. The van der Waals surface area contributed by atoms with Crippen LogP contribution in [0, 0.1) is 5.92 Å². The van der Waals surface area contributed by atoms with E-state index in [1.165, 1.54) is 32.1 Å². The van der Waals surface area contributed by atoms with Gasteiger partial charge in [-0.25, -0.2) is 0 Å². The van der Waals surface area contributed by atoms with E-state index in [1.807, 2.05) is 32.3 Å². The van der Waals surface area contributed by atoms with Gasteiger partial charge in [0, 0.05) is 61.8 Å². The molecule has 0 fully saturated rings. The lowest BCUT2D eigenvalue weighted by atomic mass is 9.91. The summed E-state index contributed by atoms with van der Waals surface area (Å²) < 4.78 is 0. The first kappa shape index (κ1) is 28.3. The predicted molar refractivity (Wildman–Crippen MR) is 141 cm³/mol. The maximum absolute atomic E-state index is 10.8. The Bertz CT molecular complexity index is 796. The highest BCUT2D eigenvalue weighted by atomic mass is 16.1. The number of carbonyl (C=O) groups excluding carboxylic acids is 1. The number of nitrogens with zero attached hydrogens (tertiary/aromatic N) is 3. The van der Waals surface area contributed by atoms with Crippen molar-refractivity contribution in [1.82, 2.24) is 15.6 Å². The van der Waals surface area contributed by atoms with Gasteiger partial charge in [0.1, 0.15) is 0 Å². The molecule has 2 N–H and O–H groups in total. The SMILES string of the molecule is CCCCCCCC(CCNC=O)C(/C=C(\C)NCc1cccnc1)=N/C(C)=C(\C)C=NC. The summed E-state index contributed by atoms with van der Waals surface area (Å²) in [5, 5.41) is 6.32. The van der Waals surface area contributed by atoms with E-state index in [2.05, 4.69) is 46.6 Å². The highest BCUT2D eigenvalue weighted by Gasteiger charge is 2.15. The van der Waals surface area contributed by atoms with Crippen molar-refractivity contribution < 1.29 is 4.79 Å². The molecule has 1 atom stereocenters. The number of unbranched alkanes of at least 4 members (excludes halogenated alkanes) is 4. The average Bonchev–Trinajstić information content (AvgIpc) is 2.82. The number of hydrogen-bond donors (Lipinski definition) is 2. The number of hydrogen-bond acceptors (Lipinski definition) is 5. The summed E-state index contributed by atoms with van der Waals surface area (Å²) in [4.78, 5) is 24.2. The maximum atomic E-state index is 10.8. The minimum absolute atomic E-state index is 0.274. The second-order valence-electron chi connectivity index (χ2n) is 8.50. The van der Waals surface area contributed by atoms with Gasteiger partial charge in [0.15, 0.2) is 0 Å². The van der Waals surface area contributed by atoms with Gasteiger partial charge in [-0.05, 0) is 56.9 Å². The number of nitrogens with one attached hydrogen (secondary N) is 2. The van der Waals surface area contributed by atoms with Crippen LogP contribution in [0.5, 0.6) is 0 Å². The lowest BCUT2D eigenvalue weighted by Crippen LogP contribution is -2.22. The van der Waals surface area contributed by atoms with Gasteiger partial charge in [-0.1, -0.05) is 45.1 Å². The Balaban J connectivity index is 3.12. The van der Waals surface area contributed by atoms with Crippen LogP contribution in [0.15, 0.2) is 57.6 Å². The number of aromatic nitrogens is 1. The Morgan fingerprint density at radius 2 is 1.94 bits per heavy atom. The summed E-state index contributed by atoms with van der Waals surface area (Å²) in [6, 6.07) is 4.01. The molecular weight excluding hydrogens is 410 g/mol. The second kappa shape index (κ2) is 17.8. The predicted octanol–water partition coefficient (Wildman–Crippen LogP) is 5.62. The summed E-state index contributed by atoms with van der Waals surface area (Å²) >= 11 is 0. The van der Waals surface area contributed by atoms with E-state index in [0.717, 1.165) is 47.5 Å². The second-order valence-corrected chi connectivity index (χ2v) is 8.50. The summed E-state index contributed by atoms with van der Waals surface area (Å²) in [7, 11) is 1.78. The van der Waals surface area contributed by atoms with Gasteiger partial charge in [0.2, 0.25) is 6.41 Å². The summed E-state index contributed by atoms with van der Waals surface area (Å²) in [6.45, 7) is 9.75. The van der Waals surface area contributed by atoms with Gasteiger partial charge in [-0.15, -0.1) is 0 Å². The van der Waals surface area contributed by atoms with Gasteiger partial charge >= 0.3 is 0 Å². The molecule has 0 saturated heterocycles. The molecule has 1 heterocycles. The van der Waals surface area contributed by atoms with Crippen LogP contribution < -0.4 is 10.6 Å². The minimum Gasteiger partial charge on any atom is -0.384 e. The van der Waals surface area contributed by atoms with Crippen LogP contribution in [0.1, 0.15) is 78.2 Å². The molecule has 1 unspecified atom stereocenters. The molecular formula is C27H43N5O. The monoisotopic (exact) mass is 453 g/mol. The largest absolute Gasteiger partial charge is 0.384 e. The molecule has 6 heteroatoms. The van der Waals surface area contributed by atoms with Gasteiger partial charge in [-0.3, -0.25) is 19.8 Å². The fourth-order valence-electron chi connectivity index (χ4n) is 3.58. The normalized spacial score (nSPS) is 14.2. The third kappa shape index (κ3) is 12.8. The molecule has 0 aliphatic carbocycles. The van der Waals surface area contributed by atoms with E-state index in [9.17, 15) is 4.79 Å². The van der Waals surface area contributed by atoms with Crippen molar-refractivity contribution in [3.8, 4) is 0 Å². The zero-order valence-corrected chi connectivity index (χ0v) is 21.2. The van der Waals surface area contributed by atoms with Crippen molar-refractivity contribution in [2.75, 3.05) is 13.6 Å². The van der Waals surface area contributed by atoms with Crippen molar-refractivity contribution in [2.24, 2.45) is 15.9 Å². The van der Waals surface area contributed by atoms with Gasteiger partial charge in [-0.2, -0.15) is 0 Å². The molecule has 0 aromatic carbocycles. The molecule has 1 aromatic heterocycles. The standard InChI is InChI=1S/C27H43N5O/c1-6-7-8-9-10-13-26(14-16-30-21-33)27(32-24(4)22(2)18-28-5)17-23(3)31-20-25-12-11-15-29-19-25/h11-12,15,17-19,21,26,31H,6-10,13-14,16,20H2,1-5H3,(H,30,33)/b23-17+,24-22+,28-18?,32-27+. The van der Waals surface area contributed by atoms with Crippen molar-refractivity contribution >= 4 is 18.3 Å². The van der Waals surface area contributed by atoms with Crippen molar-refractivity contribution in [3.63, 3.8) is 0 Å². The molecule has 0 aliphatic heterocycles. The van der Waals surface area contributed by atoms with Crippen LogP contribution in [-0.4, -0.2) is 36.9 Å². The van der Waals surface area contributed by atoms with E-state index >= 15 is 0 Å². The summed E-state index contributed by atoms with van der Waals surface area (Å²) in [5.41, 5.74) is 5.27. The molecule has 0 aliphatic rings. The van der Waals surface area contributed by atoms with Crippen molar-refractivity contribution in [2.45, 2.75) is 79.2 Å². The number of amides is 1. The Kier molecular flexibility index (Phi) is 15.2. The molecule has 0 saturated carbocycles. The molecule has 182 valence electrons. The van der Waals surface area contributed by atoms with Crippen molar-refractivity contribution in [1.29, 1.82) is 0 Å². The molecule has 6 nitrogen and oxygen atoms in total. The van der Waals surface area contributed by atoms with Crippen LogP contribution in [0.4, 0.5) is 0 Å². The number of carbonyl (C=O) groups is 1. The zero-order chi connectivity index (χ0) is 24.3. The average molecular weight is 454 g/mol. The number of pyridine rings is 1. The first-order chi connectivity index (χ1) is 16.0. The fourth-order valence-corrected chi connectivity index (χ4v) is 3.58. The van der Waals surface area contributed by atoms with E-state index in [1.54, 1.807) is 13.2 Å². The number of rotatable bonds is 17. The molecule has 1 aromatic rings.